The first-order valence-electron chi connectivity index (χ1n) is 8.81. The van der Waals surface area contributed by atoms with E-state index in [0.717, 1.165) is 31.2 Å². The molecular weight excluding hydrogens is 366 g/mol. The highest BCUT2D eigenvalue weighted by atomic mass is 35.5. The number of halogens is 1. The monoisotopic (exact) mass is 383 g/mol. The minimum absolute atomic E-state index is 0.0481. The molecule has 0 bridgehead atoms. The highest BCUT2D eigenvalue weighted by Crippen LogP contribution is 2.42. The van der Waals surface area contributed by atoms with E-state index in [4.69, 9.17) is 11.6 Å². The molecule has 1 aliphatic carbocycles. The van der Waals surface area contributed by atoms with Crippen molar-refractivity contribution in [3.63, 3.8) is 0 Å². The van der Waals surface area contributed by atoms with Gasteiger partial charge >= 0.3 is 5.76 Å². The van der Waals surface area contributed by atoms with Gasteiger partial charge in [0, 0.05) is 16.3 Å². The first-order chi connectivity index (χ1) is 13.1. The van der Waals surface area contributed by atoms with Crippen molar-refractivity contribution in [1.29, 1.82) is 0 Å². The van der Waals surface area contributed by atoms with Crippen molar-refractivity contribution in [3.05, 3.63) is 69.7 Å². The van der Waals surface area contributed by atoms with Crippen molar-refractivity contribution < 1.29 is 9.32 Å². The van der Waals surface area contributed by atoms with Crippen LogP contribution in [-0.2, 0) is 10.2 Å². The molecule has 0 atom stereocenters. The van der Waals surface area contributed by atoms with Crippen molar-refractivity contribution in [2.24, 2.45) is 0 Å². The average Bonchev–Trinajstić information content (AvgIpc) is 3.32. The molecule has 1 aromatic heterocycles. The number of H-pyrrole nitrogens is 1. The summed E-state index contributed by atoms with van der Waals surface area (Å²) in [6, 6.07) is 14.7. The van der Waals surface area contributed by atoms with Gasteiger partial charge in [0.1, 0.15) is 0 Å². The molecule has 138 valence electrons. The van der Waals surface area contributed by atoms with Crippen LogP contribution in [0.5, 0.6) is 0 Å². The quantitative estimate of drug-likeness (QED) is 0.708. The molecule has 1 heterocycles. The molecule has 0 saturated heterocycles. The van der Waals surface area contributed by atoms with Crippen LogP contribution in [0.1, 0.15) is 31.2 Å². The molecular formula is C20H18ClN3O3. The van der Waals surface area contributed by atoms with Crippen molar-refractivity contribution >= 4 is 23.2 Å². The van der Waals surface area contributed by atoms with Crippen LogP contribution in [0, 0.1) is 0 Å². The zero-order chi connectivity index (χ0) is 18.9. The third-order valence-corrected chi connectivity index (χ3v) is 5.34. The maximum atomic E-state index is 13.3. The molecule has 0 radical (unpaired) electrons. The van der Waals surface area contributed by atoms with Crippen LogP contribution in [0.25, 0.3) is 11.4 Å². The molecule has 3 aromatic rings. The summed E-state index contributed by atoms with van der Waals surface area (Å²) < 4.78 is 4.55. The molecule has 4 rings (SSSR count). The Morgan fingerprint density at radius 1 is 1.15 bits per heavy atom. The van der Waals surface area contributed by atoms with Gasteiger partial charge in [-0.2, -0.15) is 0 Å². The van der Waals surface area contributed by atoms with E-state index in [9.17, 15) is 9.59 Å². The van der Waals surface area contributed by atoms with Gasteiger partial charge in [0.05, 0.1) is 5.41 Å². The predicted molar refractivity (Wildman–Crippen MR) is 103 cm³/mol. The second kappa shape index (κ2) is 7.04. The van der Waals surface area contributed by atoms with Gasteiger partial charge in [-0.15, -0.1) is 0 Å². The Bertz CT molecular complexity index is 1030. The Morgan fingerprint density at radius 2 is 1.93 bits per heavy atom. The van der Waals surface area contributed by atoms with E-state index in [1.807, 2.05) is 24.3 Å². The maximum absolute atomic E-state index is 13.3. The first-order valence-corrected chi connectivity index (χ1v) is 9.19. The Balaban J connectivity index is 1.63. The van der Waals surface area contributed by atoms with Crippen LogP contribution in [0.3, 0.4) is 0 Å². The van der Waals surface area contributed by atoms with Crippen LogP contribution < -0.4 is 11.1 Å². The lowest BCUT2D eigenvalue weighted by Crippen LogP contribution is -2.38. The Kier molecular flexibility index (Phi) is 4.58. The smallest absolute Gasteiger partial charge is 0.325 e. The van der Waals surface area contributed by atoms with Gasteiger partial charge in [-0.3, -0.25) is 14.3 Å². The van der Waals surface area contributed by atoms with Gasteiger partial charge < -0.3 is 5.32 Å². The fourth-order valence-corrected chi connectivity index (χ4v) is 3.95. The predicted octanol–water partition coefficient (Wildman–Crippen LogP) is 4.13. The van der Waals surface area contributed by atoms with Crippen LogP contribution in [-0.4, -0.2) is 16.0 Å². The number of hydrogen-bond donors (Lipinski definition) is 2. The lowest BCUT2D eigenvalue weighted by molar-refractivity contribution is -0.121. The molecule has 1 saturated carbocycles. The molecule has 1 fully saturated rings. The van der Waals surface area contributed by atoms with Crippen molar-refractivity contribution in [1.82, 2.24) is 10.1 Å². The van der Waals surface area contributed by atoms with E-state index >= 15 is 0 Å². The molecule has 0 unspecified atom stereocenters. The van der Waals surface area contributed by atoms with Crippen molar-refractivity contribution in [2.75, 3.05) is 5.32 Å². The van der Waals surface area contributed by atoms with Gasteiger partial charge in [0.15, 0.2) is 5.82 Å². The summed E-state index contributed by atoms with van der Waals surface area (Å²) in [6.45, 7) is 0. The van der Waals surface area contributed by atoms with Gasteiger partial charge in [0.2, 0.25) is 5.91 Å². The zero-order valence-electron chi connectivity index (χ0n) is 14.5. The largest absolute Gasteiger partial charge is 0.439 e. The van der Waals surface area contributed by atoms with Gasteiger partial charge in [-0.1, -0.05) is 53.9 Å². The van der Waals surface area contributed by atoms with Crippen LogP contribution in [0.2, 0.25) is 5.02 Å². The summed E-state index contributed by atoms with van der Waals surface area (Å²) in [5.74, 6) is -0.347. The van der Waals surface area contributed by atoms with E-state index in [0.29, 0.717) is 22.1 Å². The van der Waals surface area contributed by atoms with E-state index in [2.05, 4.69) is 20.0 Å². The van der Waals surface area contributed by atoms with Gasteiger partial charge in [-0.25, -0.2) is 4.79 Å². The summed E-state index contributed by atoms with van der Waals surface area (Å²) in [4.78, 5) is 26.9. The van der Waals surface area contributed by atoms with E-state index in [1.54, 1.807) is 24.3 Å². The van der Waals surface area contributed by atoms with Crippen molar-refractivity contribution in [2.45, 2.75) is 31.1 Å². The molecule has 1 aliphatic rings. The minimum Gasteiger partial charge on any atom is -0.325 e. The summed E-state index contributed by atoms with van der Waals surface area (Å²) >= 11 is 6.16. The molecule has 0 aliphatic heterocycles. The van der Waals surface area contributed by atoms with Crippen LogP contribution in [0.15, 0.2) is 57.8 Å². The van der Waals surface area contributed by atoms with Gasteiger partial charge in [-0.05, 0) is 42.7 Å². The lowest BCUT2D eigenvalue weighted by atomic mass is 9.78. The molecule has 27 heavy (non-hydrogen) atoms. The highest BCUT2D eigenvalue weighted by Gasteiger charge is 2.42. The molecule has 0 spiro atoms. The summed E-state index contributed by atoms with van der Waals surface area (Å²) in [7, 11) is 0. The summed E-state index contributed by atoms with van der Waals surface area (Å²) in [6.07, 6.45) is 3.57. The Morgan fingerprint density at radius 3 is 2.63 bits per heavy atom. The van der Waals surface area contributed by atoms with Gasteiger partial charge in [0.25, 0.3) is 0 Å². The number of rotatable bonds is 4. The Hall–Kier alpha value is -2.86. The number of hydrogen-bond acceptors (Lipinski definition) is 4. The first kappa shape index (κ1) is 17.5. The number of nitrogens with zero attached hydrogens (tertiary/aromatic N) is 1. The second-order valence-electron chi connectivity index (χ2n) is 6.78. The zero-order valence-corrected chi connectivity index (χ0v) is 15.3. The standard InChI is InChI=1S/C20H18ClN3O3/c21-15-7-4-6-14(12-15)20(9-1-2-10-20)18(25)22-16-8-3-5-13(11-16)17-23-19(26)27-24-17/h3-8,11-12H,1-2,9-10H2,(H,22,25)(H,23,24,26). The highest BCUT2D eigenvalue weighted by molar-refractivity contribution is 6.30. The number of nitrogens with one attached hydrogen (secondary N) is 2. The Labute approximate surface area is 160 Å². The number of carbonyl (C=O) groups excluding carboxylic acids is 1. The number of carbonyl (C=O) groups is 1. The van der Waals surface area contributed by atoms with Crippen LogP contribution in [0.4, 0.5) is 5.69 Å². The minimum atomic E-state index is -0.620. The van der Waals surface area contributed by atoms with E-state index in [-0.39, 0.29) is 5.91 Å². The maximum Gasteiger partial charge on any atom is 0.439 e. The fourth-order valence-electron chi connectivity index (χ4n) is 3.76. The number of anilines is 1. The number of aromatic amines is 1. The normalized spacial score (nSPS) is 15.6. The van der Waals surface area contributed by atoms with E-state index in [1.165, 1.54) is 0 Å². The SMILES string of the molecule is O=C(Nc1cccc(-c2noc(=O)[nH]2)c1)C1(c2cccc(Cl)c2)CCCC1. The molecule has 7 heteroatoms. The molecule has 2 N–H and O–H groups in total. The fraction of sp³-hybridized carbons (Fsp3) is 0.250. The second-order valence-corrected chi connectivity index (χ2v) is 7.21. The third-order valence-electron chi connectivity index (χ3n) is 5.10. The molecule has 6 nitrogen and oxygen atoms in total. The summed E-state index contributed by atoms with van der Waals surface area (Å²) in [5.41, 5.74) is 1.65. The van der Waals surface area contributed by atoms with Crippen molar-refractivity contribution in [3.8, 4) is 11.4 Å². The molecule has 1 amide bonds. The lowest BCUT2D eigenvalue weighted by Gasteiger charge is -2.28. The number of aromatic nitrogens is 2. The topological polar surface area (TPSA) is 88.0 Å². The third kappa shape index (κ3) is 3.40. The van der Waals surface area contributed by atoms with E-state index < -0.39 is 11.2 Å². The van der Waals surface area contributed by atoms with Crippen LogP contribution >= 0.6 is 11.6 Å². The average molecular weight is 384 g/mol. The number of benzene rings is 2. The number of amides is 1. The summed E-state index contributed by atoms with van der Waals surface area (Å²) in [5, 5.41) is 7.34. The molecule has 2 aromatic carbocycles.